The van der Waals surface area contributed by atoms with Gasteiger partial charge in [-0.25, -0.2) is 4.68 Å². The molecule has 2 N–H and O–H groups in total. The van der Waals surface area contributed by atoms with Gasteiger partial charge in [0.2, 0.25) is 11.9 Å². The van der Waals surface area contributed by atoms with Gasteiger partial charge in [0.25, 0.3) is 5.91 Å². The number of amides is 2. The Hall–Kier alpha value is -2.62. The number of aryl methyl sites for hydroxylation is 1. The summed E-state index contributed by atoms with van der Waals surface area (Å²) in [5, 5.41) is 8.35. The van der Waals surface area contributed by atoms with Gasteiger partial charge in [-0.15, -0.1) is 0 Å². The van der Waals surface area contributed by atoms with Crippen LogP contribution in [0.4, 0.5) is 24.8 Å². The van der Waals surface area contributed by atoms with E-state index < -0.39 is 34.6 Å². The lowest BCUT2D eigenvalue weighted by molar-refractivity contribution is -0.137. The van der Waals surface area contributed by atoms with Crippen molar-refractivity contribution in [2.24, 2.45) is 0 Å². The molecule has 1 aromatic heterocycles. The van der Waals surface area contributed by atoms with Gasteiger partial charge in [0.15, 0.2) is 0 Å². The minimum atomic E-state index is -4.64. The molecule has 0 spiro atoms. The van der Waals surface area contributed by atoms with Gasteiger partial charge in [-0.2, -0.15) is 23.3 Å². The molecular weight excluding hydrogens is 363 g/mol. The van der Waals surface area contributed by atoms with Crippen LogP contribution in [-0.2, 0) is 15.8 Å². The maximum absolute atomic E-state index is 12.8. The summed E-state index contributed by atoms with van der Waals surface area (Å²) in [7, 11) is 0. The SMILES string of the molecule is Cc1nc2n(n1)C(CC(=O)Nc1ccc(Cl)c(C(F)(F)F)c1)C(=O)N2. The molecule has 25 heavy (non-hydrogen) atoms. The van der Waals surface area contributed by atoms with Gasteiger partial charge >= 0.3 is 6.18 Å². The van der Waals surface area contributed by atoms with E-state index in [1.807, 2.05) is 0 Å². The number of benzene rings is 1. The van der Waals surface area contributed by atoms with Crippen LogP contribution in [0, 0.1) is 6.92 Å². The number of hydrogen-bond donors (Lipinski definition) is 2. The summed E-state index contributed by atoms with van der Waals surface area (Å²) >= 11 is 5.53. The van der Waals surface area contributed by atoms with E-state index in [9.17, 15) is 22.8 Å². The maximum atomic E-state index is 12.8. The molecule has 3 rings (SSSR count). The first-order valence-electron chi connectivity index (χ1n) is 7.06. The molecule has 0 aliphatic carbocycles. The van der Waals surface area contributed by atoms with Crippen LogP contribution >= 0.6 is 11.6 Å². The summed E-state index contributed by atoms with van der Waals surface area (Å²) in [6, 6.07) is 2.11. The van der Waals surface area contributed by atoms with Crippen molar-refractivity contribution < 1.29 is 22.8 Å². The molecule has 0 fully saturated rings. The zero-order valence-corrected chi connectivity index (χ0v) is 13.4. The summed E-state index contributed by atoms with van der Waals surface area (Å²) in [5.41, 5.74) is -1.13. The van der Waals surface area contributed by atoms with Crippen LogP contribution < -0.4 is 10.6 Å². The fourth-order valence-electron chi connectivity index (χ4n) is 2.42. The summed E-state index contributed by atoms with van der Waals surface area (Å²) < 4.78 is 39.8. The number of rotatable bonds is 3. The molecule has 1 aromatic carbocycles. The van der Waals surface area contributed by atoms with E-state index in [1.165, 1.54) is 10.7 Å². The first-order chi connectivity index (χ1) is 11.6. The highest BCUT2D eigenvalue weighted by atomic mass is 35.5. The highest BCUT2D eigenvalue weighted by Gasteiger charge is 2.35. The van der Waals surface area contributed by atoms with Gasteiger partial charge in [0.05, 0.1) is 17.0 Å². The number of nitrogens with zero attached hydrogens (tertiary/aromatic N) is 3. The highest BCUT2D eigenvalue weighted by molar-refractivity contribution is 6.31. The van der Waals surface area contributed by atoms with Gasteiger partial charge in [-0.05, 0) is 25.1 Å². The fraction of sp³-hybridized carbons (Fsp3) is 0.286. The summed E-state index contributed by atoms with van der Waals surface area (Å²) in [5.74, 6) is -0.451. The number of hydrogen-bond acceptors (Lipinski definition) is 4. The second-order valence-electron chi connectivity index (χ2n) is 5.38. The number of carbonyl (C=O) groups excluding carboxylic acids is 2. The topological polar surface area (TPSA) is 88.9 Å². The molecule has 1 aliphatic rings. The summed E-state index contributed by atoms with van der Waals surface area (Å²) in [6.07, 6.45) is -4.94. The summed E-state index contributed by atoms with van der Waals surface area (Å²) in [6.45, 7) is 1.63. The van der Waals surface area contributed by atoms with Crippen LogP contribution in [0.2, 0.25) is 5.02 Å². The Bertz CT molecular complexity index is 865. The van der Waals surface area contributed by atoms with E-state index in [-0.39, 0.29) is 18.1 Å². The normalized spacial score (nSPS) is 16.5. The van der Waals surface area contributed by atoms with Crippen LogP contribution in [0.5, 0.6) is 0 Å². The number of anilines is 2. The average Bonchev–Trinajstić information content (AvgIpc) is 2.97. The number of nitrogens with one attached hydrogen (secondary N) is 2. The Kier molecular flexibility index (Phi) is 4.15. The van der Waals surface area contributed by atoms with Gasteiger partial charge in [-0.1, -0.05) is 11.6 Å². The Labute approximate surface area is 144 Å². The first kappa shape index (κ1) is 17.2. The molecule has 2 aromatic rings. The zero-order valence-electron chi connectivity index (χ0n) is 12.7. The third kappa shape index (κ3) is 3.43. The molecule has 1 unspecified atom stereocenters. The number of fused-ring (bicyclic) bond motifs is 1. The van der Waals surface area contributed by atoms with E-state index in [0.29, 0.717) is 5.82 Å². The van der Waals surface area contributed by atoms with Crippen molar-refractivity contribution in [1.29, 1.82) is 0 Å². The van der Waals surface area contributed by atoms with Crippen molar-refractivity contribution in [3.05, 3.63) is 34.6 Å². The smallest absolute Gasteiger partial charge is 0.326 e. The minimum absolute atomic E-state index is 0.0740. The lowest BCUT2D eigenvalue weighted by Crippen LogP contribution is -2.24. The van der Waals surface area contributed by atoms with E-state index in [1.54, 1.807) is 6.92 Å². The molecule has 2 amide bonds. The lowest BCUT2D eigenvalue weighted by atomic mass is 10.1. The molecular formula is C14H11ClF3N5O2. The molecule has 0 saturated heterocycles. The minimum Gasteiger partial charge on any atom is -0.326 e. The van der Waals surface area contributed by atoms with E-state index >= 15 is 0 Å². The predicted molar refractivity (Wildman–Crippen MR) is 82.1 cm³/mol. The van der Waals surface area contributed by atoms with Crippen molar-refractivity contribution in [3.63, 3.8) is 0 Å². The predicted octanol–water partition coefficient (Wildman–Crippen LogP) is 2.78. The Morgan fingerprint density at radius 2 is 2.16 bits per heavy atom. The number of alkyl halides is 3. The van der Waals surface area contributed by atoms with Crippen LogP contribution in [0.1, 0.15) is 23.9 Å². The summed E-state index contributed by atoms with van der Waals surface area (Å²) in [4.78, 5) is 28.0. The highest BCUT2D eigenvalue weighted by Crippen LogP contribution is 2.36. The molecule has 1 atom stereocenters. The van der Waals surface area contributed by atoms with Gasteiger partial charge in [0, 0.05) is 5.69 Å². The monoisotopic (exact) mass is 373 g/mol. The molecule has 0 bridgehead atoms. The van der Waals surface area contributed by atoms with Crippen molar-refractivity contribution in [2.45, 2.75) is 25.6 Å². The standard InChI is InChI=1S/C14H11ClF3N5O2/c1-6-19-13-21-12(25)10(23(13)22-6)5-11(24)20-7-2-3-9(15)8(4-7)14(16,17)18/h2-4,10H,5H2,1H3,(H,20,24)(H,19,21,22,25). The fourth-order valence-corrected chi connectivity index (χ4v) is 2.65. The van der Waals surface area contributed by atoms with Crippen molar-refractivity contribution in [3.8, 4) is 0 Å². The van der Waals surface area contributed by atoms with Gasteiger partial charge in [-0.3, -0.25) is 14.9 Å². The molecule has 0 saturated carbocycles. The first-order valence-corrected chi connectivity index (χ1v) is 7.43. The van der Waals surface area contributed by atoms with Gasteiger partial charge in [0.1, 0.15) is 11.9 Å². The Morgan fingerprint density at radius 1 is 1.44 bits per heavy atom. The van der Waals surface area contributed by atoms with Crippen LogP contribution in [-0.4, -0.2) is 26.6 Å². The molecule has 2 heterocycles. The Morgan fingerprint density at radius 3 is 2.84 bits per heavy atom. The molecule has 11 heteroatoms. The molecule has 132 valence electrons. The maximum Gasteiger partial charge on any atom is 0.417 e. The number of halogens is 4. The number of carbonyl (C=O) groups is 2. The third-order valence-corrected chi connectivity index (χ3v) is 3.83. The Balaban J connectivity index is 1.74. The van der Waals surface area contributed by atoms with E-state index in [4.69, 9.17) is 11.6 Å². The van der Waals surface area contributed by atoms with Gasteiger partial charge < -0.3 is 5.32 Å². The lowest BCUT2D eigenvalue weighted by Gasteiger charge is -2.13. The van der Waals surface area contributed by atoms with Crippen LogP contribution in [0.25, 0.3) is 0 Å². The molecule has 1 aliphatic heterocycles. The van der Waals surface area contributed by atoms with Crippen molar-refractivity contribution in [1.82, 2.24) is 14.8 Å². The second-order valence-corrected chi connectivity index (χ2v) is 5.78. The zero-order chi connectivity index (χ0) is 18.4. The van der Waals surface area contributed by atoms with Crippen molar-refractivity contribution in [2.75, 3.05) is 10.6 Å². The van der Waals surface area contributed by atoms with Crippen molar-refractivity contribution >= 4 is 35.1 Å². The number of aromatic nitrogens is 3. The largest absolute Gasteiger partial charge is 0.417 e. The third-order valence-electron chi connectivity index (χ3n) is 3.50. The second kappa shape index (κ2) is 6.03. The molecule has 7 nitrogen and oxygen atoms in total. The van der Waals surface area contributed by atoms with Crippen LogP contribution in [0.15, 0.2) is 18.2 Å². The quantitative estimate of drug-likeness (QED) is 0.865. The van der Waals surface area contributed by atoms with E-state index in [0.717, 1.165) is 12.1 Å². The van der Waals surface area contributed by atoms with E-state index in [2.05, 4.69) is 20.7 Å². The van der Waals surface area contributed by atoms with Crippen LogP contribution in [0.3, 0.4) is 0 Å². The molecule has 0 radical (unpaired) electrons. The average molecular weight is 374 g/mol.